The number of nitrogens with one attached hydrogen (secondary N) is 1. The van der Waals surface area contributed by atoms with Crippen molar-refractivity contribution in [1.29, 1.82) is 0 Å². The Bertz CT molecular complexity index is 657. The van der Waals surface area contributed by atoms with Gasteiger partial charge >= 0.3 is 0 Å². The normalized spacial score (nSPS) is 14.6. The predicted molar refractivity (Wildman–Crippen MR) is 87.6 cm³/mol. The summed E-state index contributed by atoms with van der Waals surface area (Å²) in [5.74, 6) is 1.01. The molecule has 0 aliphatic carbocycles. The Labute approximate surface area is 135 Å². The van der Waals surface area contributed by atoms with E-state index in [1.807, 2.05) is 18.2 Å². The van der Waals surface area contributed by atoms with Crippen LogP contribution in [-0.4, -0.2) is 13.2 Å². The molecule has 0 radical (unpaired) electrons. The second-order valence-corrected chi connectivity index (χ2v) is 5.91. The van der Waals surface area contributed by atoms with Crippen molar-refractivity contribution in [3.63, 3.8) is 0 Å². The van der Waals surface area contributed by atoms with Gasteiger partial charge in [-0.25, -0.2) is 0 Å². The Balaban J connectivity index is 2.06. The summed E-state index contributed by atoms with van der Waals surface area (Å²) in [7, 11) is 0. The summed E-state index contributed by atoms with van der Waals surface area (Å²) in [4.78, 5) is 0. The molecular formula is C17H17Cl2NO. The third kappa shape index (κ3) is 2.89. The van der Waals surface area contributed by atoms with Gasteiger partial charge in [0.25, 0.3) is 0 Å². The van der Waals surface area contributed by atoms with E-state index in [2.05, 4.69) is 30.4 Å². The first-order chi connectivity index (χ1) is 10.2. The zero-order valence-corrected chi connectivity index (χ0v) is 13.3. The van der Waals surface area contributed by atoms with Crippen LogP contribution < -0.4 is 10.1 Å². The lowest BCUT2D eigenvalue weighted by molar-refractivity contribution is 0.350. The standard InChI is InChI=1S/C17H17Cl2NO/c1-2-20-16(12-6-7-14(18)15(19)10-12)13-5-3-4-11-8-9-21-17(11)13/h3-7,10,16,20H,2,8-9H2,1H3. The minimum Gasteiger partial charge on any atom is -0.493 e. The van der Waals surface area contributed by atoms with Crippen LogP contribution in [0.2, 0.25) is 10.0 Å². The molecule has 1 aliphatic rings. The molecule has 1 unspecified atom stereocenters. The van der Waals surface area contributed by atoms with Crippen molar-refractivity contribution in [2.75, 3.05) is 13.2 Å². The Hall–Kier alpha value is -1.22. The molecule has 1 N–H and O–H groups in total. The van der Waals surface area contributed by atoms with E-state index in [9.17, 15) is 0 Å². The molecule has 1 aliphatic heterocycles. The maximum atomic E-state index is 6.17. The molecule has 1 atom stereocenters. The highest BCUT2D eigenvalue weighted by molar-refractivity contribution is 6.42. The monoisotopic (exact) mass is 321 g/mol. The maximum Gasteiger partial charge on any atom is 0.127 e. The van der Waals surface area contributed by atoms with Crippen molar-refractivity contribution in [2.45, 2.75) is 19.4 Å². The molecule has 4 heteroatoms. The van der Waals surface area contributed by atoms with Gasteiger partial charge in [0.2, 0.25) is 0 Å². The molecule has 2 aromatic carbocycles. The highest BCUT2D eigenvalue weighted by atomic mass is 35.5. The van der Waals surface area contributed by atoms with Crippen LogP contribution in [0.1, 0.15) is 29.7 Å². The van der Waals surface area contributed by atoms with Gasteiger partial charge in [0.05, 0.1) is 22.7 Å². The maximum absolute atomic E-state index is 6.17. The molecule has 110 valence electrons. The molecule has 2 aromatic rings. The van der Waals surface area contributed by atoms with E-state index in [-0.39, 0.29) is 6.04 Å². The summed E-state index contributed by atoms with van der Waals surface area (Å²) in [5.41, 5.74) is 3.52. The van der Waals surface area contributed by atoms with Crippen LogP contribution in [0.15, 0.2) is 36.4 Å². The zero-order valence-electron chi connectivity index (χ0n) is 11.8. The Morgan fingerprint density at radius 1 is 1.19 bits per heavy atom. The SMILES string of the molecule is CCNC(c1ccc(Cl)c(Cl)c1)c1cccc2c1OCC2. The van der Waals surface area contributed by atoms with E-state index in [0.29, 0.717) is 10.0 Å². The van der Waals surface area contributed by atoms with Crippen molar-refractivity contribution >= 4 is 23.2 Å². The first kappa shape index (κ1) is 14.7. The van der Waals surface area contributed by atoms with Crippen LogP contribution in [0.25, 0.3) is 0 Å². The van der Waals surface area contributed by atoms with E-state index in [0.717, 1.165) is 36.4 Å². The molecule has 1 heterocycles. The van der Waals surface area contributed by atoms with Crippen molar-refractivity contribution in [2.24, 2.45) is 0 Å². The fraction of sp³-hybridized carbons (Fsp3) is 0.294. The second-order valence-electron chi connectivity index (χ2n) is 5.10. The average molecular weight is 322 g/mol. The molecule has 2 nitrogen and oxygen atoms in total. The minimum atomic E-state index is 0.0535. The molecule has 0 saturated carbocycles. The Morgan fingerprint density at radius 3 is 2.81 bits per heavy atom. The molecule has 21 heavy (non-hydrogen) atoms. The molecule has 0 aromatic heterocycles. The molecule has 0 bridgehead atoms. The zero-order chi connectivity index (χ0) is 14.8. The lowest BCUT2D eigenvalue weighted by atomic mass is 9.96. The second kappa shape index (κ2) is 6.27. The molecular weight excluding hydrogens is 305 g/mol. The number of ether oxygens (including phenoxy) is 1. The third-order valence-electron chi connectivity index (χ3n) is 3.74. The summed E-state index contributed by atoms with van der Waals surface area (Å²) < 4.78 is 5.83. The fourth-order valence-corrected chi connectivity index (χ4v) is 3.08. The van der Waals surface area contributed by atoms with Gasteiger partial charge in [-0.1, -0.05) is 54.4 Å². The number of para-hydroxylation sites is 1. The van der Waals surface area contributed by atoms with Crippen molar-refractivity contribution in [3.05, 3.63) is 63.1 Å². The lowest BCUT2D eigenvalue weighted by Gasteiger charge is -2.21. The largest absolute Gasteiger partial charge is 0.493 e. The van der Waals surface area contributed by atoms with E-state index < -0.39 is 0 Å². The van der Waals surface area contributed by atoms with E-state index in [1.54, 1.807) is 0 Å². The summed E-state index contributed by atoms with van der Waals surface area (Å²) in [6.45, 7) is 3.70. The number of halogens is 2. The van der Waals surface area contributed by atoms with Gasteiger partial charge < -0.3 is 10.1 Å². The highest BCUT2D eigenvalue weighted by Gasteiger charge is 2.23. The highest BCUT2D eigenvalue weighted by Crippen LogP contribution is 2.37. The Kier molecular flexibility index (Phi) is 4.39. The van der Waals surface area contributed by atoms with Crippen molar-refractivity contribution in [1.82, 2.24) is 5.32 Å². The smallest absolute Gasteiger partial charge is 0.127 e. The van der Waals surface area contributed by atoms with Crippen LogP contribution in [-0.2, 0) is 6.42 Å². The molecule has 0 saturated heterocycles. The average Bonchev–Trinajstić information content (AvgIpc) is 2.96. The Morgan fingerprint density at radius 2 is 2.05 bits per heavy atom. The van der Waals surface area contributed by atoms with Crippen molar-refractivity contribution < 1.29 is 4.74 Å². The molecule has 0 amide bonds. The van der Waals surface area contributed by atoms with Crippen LogP contribution in [0, 0.1) is 0 Å². The van der Waals surface area contributed by atoms with Crippen LogP contribution in [0.4, 0.5) is 0 Å². The summed E-state index contributed by atoms with van der Waals surface area (Å²) in [6.07, 6.45) is 0.976. The topological polar surface area (TPSA) is 21.3 Å². The quantitative estimate of drug-likeness (QED) is 0.886. The minimum absolute atomic E-state index is 0.0535. The number of hydrogen-bond donors (Lipinski definition) is 1. The number of fused-ring (bicyclic) bond motifs is 1. The molecule has 0 spiro atoms. The molecule has 3 rings (SSSR count). The number of hydrogen-bond acceptors (Lipinski definition) is 2. The van der Waals surface area contributed by atoms with Crippen LogP contribution in [0.5, 0.6) is 5.75 Å². The van der Waals surface area contributed by atoms with Gasteiger partial charge in [0.1, 0.15) is 5.75 Å². The van der Waals surface area contributed by atoms with Gasteiger partial charge in [-0.2, -0.15) is 0 Å². The number of benzene rings is 2. The first-order valence-corrected chi connectivity index (χ1v) is 7.89. The lowest BCUT2D eigenvalue weighted by Crippen LogP contribution is -2.22. The van der Waals surface area contributed by atoms with Gasteiger partial charge in [-0.05, 0) is 29.8 Å². The van der Waals surface area contributed by atoms with E-state index >= 15 is 0 Å². The van der Waals surface area contributed by atoms with Gasteiger partial charge in [-0.3, -0.25) is 0 Å². The molecule has 0 fully saturated rings. The van der Waals surface area contributed by atoms with Crippen LogP contribution in [0.3, 0.4) is 0 Å². The van der Waals surface area contributed by atoms with E-state index in [1.165, 1.54) is 5.56 Å². The first-order valence-electron chi connectivity index (χ1n) is 7.13. The van der Waals surface area contributed by atoms with Gasteiger partial charge in [0.15, 0.2) is 0 Å². The number of rotatable bonds is 4. The van der Waals surface area contributed by atoms with Gasteiger partial charge in [-0.15, -0.1) is 0 Å². The predicted octanol–water partition coefficient (Wildman–Crippen LogP) is 4.63. The van der Waals surface area contributed by atoms with E-state index in [4.69, 9.17) is 27.9 Å². The fourth-order valence-electron chi connectivity index (χ4n) is 2.77. The van der Waals surface area contributed by atoms with Gasteiger partial charge in [0, 0.05) is 12.0 Å². The third-order valence-corrected chi connectivity index (χ3v) is 4.48. The van der Waals surface area contributed by atoms with Crippen LogP contribution >= 0.6 is 23.2 Å². The summed E-state index contributed by atoms with van der Waals surface area (Å²) in [5, 5.41) is 4.66. The van der Waals surface area contributed by atoms with Crippen molar-refractivity contribution in [3.8, 4) is 5.75 Å². The summed E-state index contributed by atoms with van der Waals surface area (Å²) >= 11 is 12.2. The summed E-state index contributed by atoms with van der Waals surface area (Å²) in [6, 6.07) is 12.2.